The molecule has 10 heteroatoms. The fraction of sp³-hybridized carbons (Fsp3) is 0.467. The number of fused-ring (bicyclic) bond motifs is 2. The van der Waals surface area contributed by atoms with E-state index in [2.05, 4.69) is 15.5 Å². The number of hydrogen-bond acceptors (Lipinski definition) is 7. The zero-order valence-corrected chi connectivity index (χ0v) is 22.9. The summed E-state index contributed by atoms with van der Waals surface area (Å²) in [5, 5.41) is 7.61. The number of esters is 1. The number of hydrogen-bond donors (Lipinski definition) is 2. The molecular weight excluding hydrogens is 512 g/mol. The summed E-state index contributed by atoms with van der Waals surface area (Å²) in [5.41, 5.74) is 0.492. The third-order valence-electron chi connectivity index (χ3n) is 7.84. The summed E-state index contributed by atoms with van der Waals surface area (Å²) in [4.78, 5) is 57.0. The molecule has 3 heterocycles. The van der Waals surface area contributed by atoms with Crippen LogP contribution in [0.1, 0.15) is 43.5 Å². The van der Waals surface area contributed by atoms with E-state index in [1.165, 1.54) is 0 Å². The lowest BCUT2D eigenvalue weighted by molar-refractivity contribution is -0.165. The fourth-order valence-corrected chi connectivity index (χ4v) is 5.83. The molecule has 10 nitrogen and oxygen atoms in total. The van der Waals surface area contributed by atoms with Crippen LogP contribution >= 0.6 is 0 Å². The fourth-order valence-electron chi connectivity index (χ4n) is 5.83. The lowest BCUT2D eigenvalue weighted by atomic mass is 9.96. The number of likely N-dealkylation sites (N-methyl/N-ethyl adjacent to an activating group) is 1. The number of carbonyl (C=O) groups excluding carboxylic acids is 4. The van der Waals surface area contributed by atoms with Crippen LogP contribution in [0.5, 0.6) is 0 Å². The molecule has 5 atom stereocenters. The number of piperazine rings is 1. The van der Waals surface area contributed by atoms with Crippen LogP contribution in [0.3, 0.4) is 0 Å². The molecule has 0 aromatic heterocycles. The molecule has 0 bridgehead atoms. The maximum absolute atomic E-state index is 14.1. The Balaban J connectivity index is 1.39. The lowest BCUT2D eigenvalue weighted by Crippen LogP contribution is -2.68. The Hall–Kier alpha value is -3.76. The molecule has 212 valence electrons. The van der Waals surface area contributed by atoms with Crippen LogP contribution < -0.4 is 10.6 Å². The Bertz CT molecular complexity index is 1310. The third-order valence-corrected chi connectivity index (χ3v) is 7.84. The van der Waals surface area contributed by atoms with Gasteiger partial charge in [0.25, 0.3) is 5.91 Å². The first-order valence-corrected chi connectivity index (χ1v) is 14.0. The van der Waals surface area contributed by atoms with Crippen LogP contribution in [0.25, 0.3) is 10.8 Å². The molecule has 3 aliphatic rings. The summed E-state index contributed by atoms with van der Waals surface area (Å²) in [6.45, 7) is 5.82. The maximum Gasteiger partial charge on any atom is 0.310 e. The number of carbonyl (C=O) groups is 4. The quantitative estimate of drug-likeness (QED) is 0.401. The average Bonchev–Trinajstić information content (AvgIpc) is 3.30. The van der Waals surface area contributed by atoms with Gasteiger partial charge >= 0.3 is 5.97 Å². The first-order valence-electron chi connectivity index (χ1n) is 14.0. The normalized spacial score (nSPS) is 27.1. The van der Waals surface area contributed by atoms with Crippen molar-refractivity contribution in [3.8, 4) is 0 Å². The molecule has 5 rings (SSSR count). The molecule has 2 fully saturated rings. The van der Waals surface area contributed by atoms with Gasteiger partial charge in [0.1, 0.15) is 18.1 Å². The van der Waals surface area contributed by atoms with Gasteiger partial charge in [-0.15, -0.1) is 0 Å². The number of benzene rings is 2. The highest BCUT2D eigenvalue weighted by molar-refractivity contribution is 6.08. The smallest absolute Gasteiger partial charge is 0.310 e. The minimum absolute atomic E-state index is 0.00441. The Kier molecular flexibility index (Phi) is 8.46. The first-order chi connectivity index (χ1) is 19.4. The number of nitrogens with zero attached hydrogens (tertiary/aromatic N) is 2. The SMILES string of the molecule is CCOC1OC(=O)CC1NC(=O)[C@@H]1CN(CC)C[C@@H]2CC=CC[C@H](NC(=O)c3cccc4ccccc34)C(=O)N21. The highest BCUT2D eigenvalue weighted by atomic mass is 16.7. The summed E-state index contributed by atoms with van der Waals surface area (Å²) >= 11 is 0. The third kappa shape index (κ3) is 5.73. The molecule has 3 aliphatic heterocycles. The zero-order valence-electron chi connectivity index (χ0n) is 22.9. The van der Waals surface area contributed by atoms with Gasteiger partial charge in [0.2, 0.25) is 18.1 Å². The molecule has 0 saturated carbocycles. The number of nitrogens with one attached hydrogen (secondary N) is 2. The van der Waals surface area contributed by atoms with Gasteiger partial charge < -0.3 is 25.0 Å². The van der Waals surface area contributed by atoms with Crippen molar-refractivity contribution in [3.05, 3.63) is 60.2 Å². The molecule has 2 saturated heterocycles. The predicted molar refractivity (Wildman–Crippen MR) is 148 cm³/mol. The summed E-state index contributed by atoms with van der Waals surface area (Å²) in [6.07, 6.45) is 4.01. The molecule has 40 heavy (non-hydrogen) atoms. The number of cyclic esters (lactones) is 1. The molecule has 2 aromatic rings. The second-order valence-corrected chi connectivity index (χ2v) is 10.4. The molecule has 0 radical (unpaired) electrons. The molecule has 0 spiro atoms. The second kappa shape index (κ2) is 12.2. The number of ether oxygens (including phenoxy) is 2. The van der Waals surface area contributed by atoms with Gasteiger partial charge in [-0.3, -0.25) is 24.1 Å². The zero-order chi connectivity index (χ0) is 28.2. The molecule has 2 N–H and O–H groups in total. The molecule has 2 unspecified atom stereocenters. The van der Waals surface area contributed by atoms with Crippen LogP contribution in [0.2, 0.25) is 0 Å². The standard InChI is InChI=1S/C30H36N4O6/c1-3-33-17-20-12-6-8-15-23(31-27(36)22-14-9-11-19-10-5-7-13-21(19)22)29(38)34(20)25(18-33)28(37)32-24-16-26(35)40-30(24)39-4-2/h5-11,13-14,20,23-25,30H,3-4,12,15-18H2,1-2H3,(H,31,36)(H,32,37)/t20-,23-,24?,25-,30?/m0/s1. The van der Waals surface area contributed by atoms with Crippen LogP contribution in [0.15, 0.2) is 54.6 Å². The summed E-state index contributed by atoms with van der Waals surface area (Å²) in [5.74, 6) is -1.44. The van der Waals surface area contributed by atoms with Crippen LogP contribution in [-0.2, 0) is 23.9 Å². The minimum atomic E-state index is -0.859. The molecule has 3 amide bonds. The van der Waals surface area contributed by atoms with Crippen molar-refractivity contribution in [1.29, 1.82) is 0 Å². The number of rotatable bonds is 7. The Labute approximate surface area is 233 Å². The van der Waals surface area contributed by atoms with E-state index >= 15 is 0 Å². The summed E-state index contributed by atoms with van der Waals surface area (Å²) in [7, 11) is 0. The predicted octanol–water partition coefficient (Wildman–Crippen LogP) is 1.98. The van der Waals surface area contributed by atoms with Crippen molar-refractivity contribution in [3.63, 3.8) is 0 Å². The van der Waals surface area contributed by atoms with Gasteiger partial charge in [-0.25, -0.2) is 0 Å². The van der Waals surface area contributed by atoms with Crippen molar-refractivity contribution < 1.29 is 28.7 Å². The van der Waals surface area contributed by atoms with E-state index in [1.54, 1.807) is 17.9 Å². The minimum Gasteiger partial charge on any atom is -0.433 e. The van der Waals surface area contributed by atoms with E-state index in [9.17, 15) is 19.2 Å². The van der Waals surface area contributed by atoms with E-state index in [0.29, 0.717) is 38.1 Å². The maximum atomic E-state index is 14.1. The van der Waals surface area contributed by atoms with Crippen LogP contribution in [0.4, 0.5) is 0 Å². The van der Waals surface area contributed by atoms with E-state index in [4.69, 9.17) is 9.47 Å². The average molecular weight is 549 g/mol. The van der Waals surface area contributed by atoms with Gasteiger partial charge in [0, 0.05) is 31.3 Å². The molecule has 0 aliphatic carbocycles. The van der Waals surface area contributed by atoms with E-state index in [-0.39, 0.29) is 30.2 Å². The Morgan fingerprint density at radius 2 is 1.77 bits per heavy atom. The van der Waals surface area contributed by atoms with Gasteiger partial charge in [-0.05, 0) is 43.1 Å². The highest BCUT2D eigenvalue weighted by Gasteiger charge is 2.45. The van der Waals surface area contributed by atoms with E-state index in [1.807, 2.05) is 55.5 Å². The monoisotopic (exact) mass is 548 g/mol. The lowest BCUT2D eigenvalue weighted by Gasteiger charge is -2.47. The van der Waals surface area contributed by atoms with Crippen LogP contribution in [-0.4, -0.2) is 90.2 Å². The van der Waals surface area contributed by atoms with Crippen molar-refractivity contribution >= 4 is 34.5 Å². The Morgan fingerprint density at radius 1 is 1.00 bits per heavy atom. The van der Waals surface area contributed by atoms with Gasteiger partial charge in [0.05, 0.1) is 6.42 Å². The summed E-state index contributed by atoms with van der Waals surface area (Å²) in [6, 6.07) is 10.6. The van der Waals surface area contributed by atoms with Gasteiger partial charge in [-0.2, -0.15) is 0 Å². The van der Waals surface area contributed by atoms with Gasteiger partial charge in [-0.1, -0.05) is 55.5 Å². The first kappa shape index (κ1) is 27.8. The van der Waals surface area contributed by atoms with Crippen molar-refractivity contribution in [2.24, 2.45) is 0 Å². The topological polar surface area (TPSA) is 117 Å². The highest BCUT2D eigenvalue weighted by Crippen LogP contribution is 2.25. The van der Waals surface area contributed by atoms with Crippen molar-refractivity contribution in [1.82, 2.24) is 20.4 Å². The summed E-state index contributed by atoms with van der Waals surface area (Å²) < 4.78 is 10.7. The van der Waals surface area contributed by atoms with E-state index < -0.39 is 30.4 Å². The van der Waals surface area contributed by atoms with E-state index in [0.717, 1.165) is 17.3 Å². The van der Waals surface area contributed by atoms with Crippen LogP contribution in [0, 0.1) is 0 Å². The molecule has 2 aromatic carbocycles. The molecular formula is C30H36N4O6. The Morgan fingerprint density at radius 3 is 2.58 bits per heavy atom. The van der Waals surface area contributed by atoms with Crippen molar-refractivity contribution in [2.75, 3.05) is 26.2 Å². The van der Waals surface area contributed by atoms with Gasteiger partial charge in [0.15, 0.2) is 0 Å². The second-order valence-electron chi connectivity index (χ2n) is 10.4. The number of amides is 3. The van der Waals surface area contributed by atoms with Crippen molar-refractivity contribution in [2.45, 2.75) is 63.6 Å². The largest absolute Gasteiger partial charge is 0.433 e.